The number of hydrogen-bond acceptors (Lipinski definition) is 4. The van der Waals surface area contributed by atoms with Crippen LogP contribution in [0.15, 0.2) is 18.2 Å². The van der Waals surface area contributed by atoms with Gasteiger partial charge in [-0.25, -0.2) is 0 Å². The first-order valence-electron chi connectivity index (χ1n) is 6.26. The maximum absolute atomic E-state index is 8.66. The first-order chi connectivity index (χ1) is 8.56. The molecule has 1 rings (SSSR count). The Hall–Kier alpha value is -1.89. The Kier molecular flexibility index (Phi) is 5.31. The van der Waals surface area contributed by atoms with Gasteiger partial charge in [-0.2, -0.15) is 5.26 Å². The maximum atomic E-state index is 8.66. The van der Waals surface area contributed by atoms with Crippen molar-refractivity contribution in [1.82, 2.24) is 0 Å². The lowest BCUT2D eigenvalue weighted by Crippen LogP contribution is -2.23. The number of nitrogens with zero attached hydrogens (tertiary/aromatic N) is 2. The molecule has 0 spiro atoms. The highest BCUT2D eigenvalue weighted by Crippen LogP contribution is 2.26. The summed E-state index contributed by atoms with van der Waals surface area (Å²) in [6.45, 7) is 7.57. The summed E-state index contributed by atoms with van der Waals surface area (Å²) in [4.78, 5) is 2.12. The number of nitrogen functional groups attached to an aromatic ring is 1. The molecule has 0 unspecified atom stereocenters. The predicted octanol–water partition coefficient (Wildman–Crippen LogP) is 2.80. The molecule has 0 aliphatic heterocycles. The molecule has 1 aromatic carbocycles. The lowest BCUT2D eigenvalue weighted by molar-refractivity contribution is 0.242. The second-order valence-electron chi connectivity index (χ2n) is 4.41. The van der Waals surface area contributed by atoms with E-state index < -0.39 is 0 Å². The van der Waals surface area contributed by atoms with Crippen molar-refractivity contribution in [2.24, 2.45) is 0 Å². The quantitative estimate of drug-likeness (QED) is 0.785. The highest BCUT2D eigenvalue weighted by atomic mass is 16.5. The van der Waals surface area contributed by atoms with Crippen molar-refractivity contribution in [2.75, 3.05) is 23.7 Å². The van der Waals surface area contributed by atoms with Gasteiger partial charge in [0, 0.05) is 36.6 Å². The van der Waals surface area contributed by atoms with Crippen LogP contribution in [0.5, 0.6) is 5.75 Å². The van der Waals surface area contributed by atoms with E-state index in [1.165, 1.54) is 0 Å². The van der Waals surface area contributed by atoms with Gasteiger partial charge in [-0.15, -0.1) is 0 Å². The summed E-state index contributed by atoms with van der Waals surface area (Å²) in [5.74, 6) is 0.774. The highest BCUT2D eigenvalue weighted by molar-refractivity contribution is 5.60. The Morgan fingerprint density at radius 2 is 2.11 bits per heavy atom. The average molecular weight is 247 g/mol. The Balaban J connectivity index is 2.92. The van der Waals surface area contributed by atoms with Crippen molar-refractivity contribution in [3.05, 3.63) is 18.2 Å². The van der Waals surface area contributed by atoms with Gasteiger partial charge in [0.15, 0.2) is 0 Å². The second kappa shape index (κ2) is 6.75. The van der Waals surface area contributed by atoms with Crippen LogP contribution in [0.3, 0.4) is 0 Å². The number of nitrogens with two attached hydrogens (primary N) is 1. The third-order valence-corrected chi connectivity index (χ3v) is 2.53. The van der Waals surface area contributed by atoms with Crippen LogP contribution in [0.4, 0.5) is 11.4 Å². The van der Waals surface area contributed by atoms with E-state index in [2.05, 4.69) is 17.9 Å². The fourth-order valence-corrected chi connectivity index (χ4v) is 1.78. The first-order valence-corrected chi connectivity index (χ1v) is 6.26. The number of anilines is 2. The fourth-order valence-electron chi connectivity index (χ4n) is 1.78. The smallest absolute Gasteiger partial charge is 0.123 e. The molecule has 0 saturated carbocycles. The summed E-state index contributed by atoms with van der Waals surface area (Å²) in [5.41, 5.74) is 7.57. The standard InChI is InChI=1S/C14H21N3O/c1-4-17(7-5-6-15)13-8-12(16)9-14(10-13)18-11(2)3/h8-11H,4-5,7,16H2,1-3H3. The van der Waals surface area contributed by atoms with Gasteiger partial charge in [-0.05, 0) is 26.8 Å². The van der Waals surface area contributed by atoms with E-state index in [1.54, 1.807) is 0 Å². The molecule has 18 heavy (non-hydrogen) atoms. The summed E-state index contributed by atoms with van der Waals surface area (Å²) in [7, 11) is 0. The van der Waals surface area contributed by atoms with Gasteiger partial charge in [0.25, 0.3) is 0 Å². The molecule has 2 N–H and O–H groups in total. The van der Waals surface area contributed by atoms with E-state index in [0.29, 0.717) is 18.7 Å². The van der Waals surface area contributed by atoms with Crippen molar-refractivity contribution in [2.45, 2.75) is 33.3 Å². The average Bonchev–Trinajstić information content (AvgIpc) is 2.28. The van der Waals surface area contributed by atoms with Gasteiger partial charge in [0.1, 0.15) is 5.75 Å². The number of benzene rings is 1. The van der Waals surface area contributed by atoms with Gasteiger partial charge in [-0.3, -0.25) is 0 Å². The van der Waals surface area contributed by atoms with Crippen molar-refractivity contribution < 1.29 is 4.74 Å². The zero-order valence-electron chi connectivity index (χ0n) is 11.3. The Bertz CT molecular complexity index is 424. The van der Waals surface area contributed by atoms with Crippen LogP contribution in [-0.4, -0.2) is 19.2 Å². The van der Waals surface area contributed by atoms with Gasteiger partial charge in [0.05, 0.1) is 18.6 Å². The summed E-state index contributed by atoms with van der Waals surface area (Å²) < 4.78 is 5.66. The zero-order valence-corrected chi connectivity index (χ0v) is 11.3. The van der Waals surface area contributed by atoms with Crippen molar-refractivity contribution in [3.63, 3.8) is 0 Å². The fraction of sp³-hybridized carbons (Fsp3) is 0.500. The zero-order chi connectivity index (χ0) is 13.5. The van der Waals surface area contributed by atoms with E-state index in [0.717, 1.165) is 18.0 Å². The SMILES string of the molecule is CCN(CCC#N)c1cc(N)cc(OC(C)C)c1. The van der Waals surface area contributed by atoms with Crippen LogP contribution in [0.1, 0.15) is 27.2 Å². The predicted molar refractivity (Wildman–Crippen MR) is 74.7 cm³/mol. The molecule has 4 nitrogen and oxygen atoms in total. The summed E-state index contributed by atoms with van der Waals surface area (Å²) in [6.07, 6.45) is 0.622. The molecule has 0 radical (unpaired) electrons. The highest BCUT2D eigenvalue weighted by Gasteiger charge is 2.08. The number of hydrogen-bond donors (Lipinski definition) is 1. The monoisotopic (exact) mass is 247 g/mol. The molecular formula is C14H21N3O. The maximum Gasteiger partial charge on any atom is 0.123 e. The number of ether oxygens (including phenoxy) is 1. The summed E-state index contributed by atoms with van der Waals surface area (Å²) >= 11 is 0. The van der Waals surface area contributed by atoms with Crippen LogP contribution in [0.25, 0.3) is 0 Å². The Morgan fingerprint density at radius 1 is 1.39 bits per heavy atom. The number of nitriles is 1. The second-order valence-corrected chi connectivity index (χ2v) is 4.41. The molecule has 4 heteroatoms. The minimum absolute atomic E-state index is 0.119. The lowest BCUT2D eigenvalue weighted by Gasteiger charge is -2.23. The number of rotatable bonds is 6. The minimum atomic E-state index is 0.119. The lowest BCUT2D eigenvalue weighted by atomic mass is 10.2. The molecule has 0 saturated heterocycles. The van der Waals surface area contributed by atoms with Crippen molar-refractivity contribution in [1.29, 1.82) is 5.26 Å². The molecule has 0 fully saturated rings. The normalized spacial score (nSPS) is 10.2. The van der Waals surface area contributed by atoms with Crippen molar-refractivity contribution in [3.8, 4) is 11.8 Å². The third kappa shape index (κ3) is 4.17. The van der Waals surface area contributed by atoms with Crippen LogP contribution >= 0.6 is 0 Å². The van der Waals surface area contributed by atoms with Gasteiger partial charge >= 0.3 is 0 Å². The van der Waals surface area contributed by atoms with Crippen LogP contribution in [0, 0.1) is 11.3 Å². The van der Waals surface area contributed by atoms with Crippen LogP contribution < -0.4 is 15.4 Å². The van der Waals surface area contributed by atoms with E-state index in [-0.39, 0.29) is 6.10 Å². The van der Waals surface area contributed by atoms with Gasteiger partial charge < -0.3 is 15.4 Å². The van der Waals surface area contributed by atoms with E-state index in [4.69, 9.17) is 15.7 Å². The molecule has 0 aliphatic carbocycles. The molecular weight excluding hydrogens is 226 g/mol. The van der Waals surface area contributed by atoms with E-state index in [9.17, 15) is 0 Å². The topological polar surface area (TPSA) is 62.3 Å². The molecule has 0 aromatic heterocycles. The van der Waals surface area contributed by atoms with Gasteiger partial charge in [0.2, 0.25) is 0 Å². The Morgan fingerprint density at radius 3 is 2.67 bits per heavy atom. The molecule has 98 valence electrons. The largest absolute Gasteiger partial charge is 0.491 e. The Labute approximate surface area is 109 Å². The van der Waals surface area contributed by atoms with Crippen LogP contribution in [0.2, 0.25) is 0 Å². The molecule has 0 atom stereocenters. The van der Waals surface area contributed by atoms with Gasteiger partial charge in [-0.1, -0.05) is 0 Å². The summed E-state index contributed by atoms with van der Waals surface area (Å²) in [5, 5.41) is 8.66. The minimum Gasteiger partial charge on any atom is -0.491 e. The van der Waals surface area contributed by atoms with E-state index in [1.807, 2.05) is 32.0 Å². The molecule has 0 amide bonds. The molecule has 0 bridgehead atoms. The molecule has 0 heterocycles. The summed E-state index contributed by atoms with van der Waals surface area (Å²) in [6, 6.07) is 7.86. The van der Waals surface area contributed by atoms with E-state index >= 15 is 0 Å². The molecule has 1 aromatic rings. The first kappa shape index (κ1) is 14.2. The third-order valence-electron chi connectivity index (χ3n) is 2.53. The van der Waals surface area contributed by atoms with Crippen LogP contribution in [-0.2, 0) is 0 Å². The van der Waals surface area contributed by atoms with Crippen molar-refractivity contribution >= 4 is 11.4 Å². The molecule has 0 aliphatic rings.